The second-order valence-corrected chi connectivity index (χ2v) is 6.01. The summed E-state index contributed by atoms with van der Waals surface area (Å²) >= 11 is 0. The highest BCUT2D eigenvalue weighted by atomic mass is 16.5. The Hall–Kier alpha value is -1.74. The van der Waals surface area contributed by atoms with E-state index < -0.39 is 18.2 Å². The summed E-state index contributed by atoms with van der Waals surface area (Å²) in [5.74, 6) is -0.879. The highest BCUT2D eigenvalue weighted by Crippen LogP contribution is 2.04. The van der Waals surface area contributed by atoms with Gasteiger partial charge < -0.3 is 29.7 Å². The molecule has 1 amide bonds. The van der Waals surface area contributed by atoms with Gasteiger partial charge in [-0.2, -0.15) is 0 Å². The lowest BCUT2D eigenvalue weighted by Crippen LogP contribution is -2.33. The Labute approximate surface area is 161 Å². The van der Waals surface area contributed by atoms with Gasteiger partial charge in [0.2, 0.25) is 5.91 Å². The Bertz CT molecular complexity index is 390. The van der Waals surface area contributed by atoms with Gasteiger partial charge in [-0.25, -0.2) is 4.79 Å². The molecule has 0 aliphatic carbocycles. The first-order chi connectivity index (χ1) is 13.0. The molecule has 0 aromatic carbocycles. The summed E-state index contributed by atoms with van der Waals surface area (Å²) in [6.45, 7) is 8.08. The van der Waals surface area contributed by atoms with Crippen LogP contribution in [0.1, 0.15) is 32.1 Å². The Balaban J connectivity index is 3.31. The van der Waals surface area contributed by atoms with Crippen LogP contribution in [0.25, 0.3) is 0 Å². The highest BCUT2D eigenvalue weighted by molar-refractivity contribution is 5.86. The quantitative estimate of drug-likeness (QED) is 0.180. The minimum Gasteiger partial charge on any atom is -0.460 e. The number of carbonyl (C=O) groups is 2. The van der Waals surface area contributed by atoms with E-state index in [9.17, 15) is 19.8 Å². The topological polar surface area (TPSA) is 114 Å². The van der Waals surface area contributed by atoms with Gasteiger partial charge in [0.05, 0.1) is 19.3 Å². The summed E-state index contributed by atoms with van der Waals surface area (Å²) < 4.78 is 15.4. The van der Waals surface area contributed by atoms with Gasteiger partial charge in [-0.05, 0) is 18.9 Å². The van der Waals surface area contributed by atoms with E-state index in [2.05, 4.69) is 18.5 Å². The molecule has 8 nitrogen and oxygen atoms in total. The van der Waals surface area contributed by atoms with Gasteiger partial charge in [0.25, 0.3) is 0 Å². The van der Waals surface area contributed by atoms with Gasteiger partial charge in [-0.3, -0.25) is 4.79 Å². The molecule has 0 radical (unpaired) electrons. The number of hydrogen-bond donors (Lipinski definition) is 3. The fourth-order valence-corrected chi connectivity index (χ4v) is 2.01. The van der Waals surface area contributed by atoms with Gasteiger partial charge in [-0.15, -0.1) is 0 Å². The zero-order chi connectivity index (χ0) is 20.3. The van der Waals surface area contributed by atoms with Gasteiger partial charge in [0.15, 0.2) is 0 Å². The highest BCUT2D eigenvalue weighted by Gasteiger charge is 2.07. The molecule has 8 heteroatoms. The average molecular weight is 387 g/mol. The molecule has 0 spiro atoms. The summed E-state index contributed by atoms with van der Waals surface area (Å²) in [6, 6.07) is 0. The maximum atomic E-state index is 10.9. The Morgan fingerprint density at radius 2 is 1.41 bits per heavy atom. The zero-order valence-corrected chi connectivity index (χ0v) is 15.9. The van der Waals surface area contributed by atoms with E-state index in [4.69, 9.17) is 14.2 Å². The second kappa shape index (κ2) is 17.7. The van der Waals surface area contributed by atoms with Crippen molar-refractivity contribution in [1.82, 2.24) is 5.32 Å². The summed E-state index contributed by atoms with van der Waals surface area (Å²) in [4.78, 5) is 21.8. The van der Waals surface area contributed by atoms with Crippen molar-refractivity contribution in [3.8, 4) is 0 Å². The number of nitrogens with one attached hydrogen (secondary N) is 1. The molecule has 0 heterocycles. The van der Waals surface area contributed by atoms with Crippen LogP contribution in [0.3, 0.4) is 0 Å². The predicted molar refractivity (Wildman–Crippen MR) is 101 cm³/mol. The molecular weight excluding hydrogens is 354 g/mol. The van der Waals surface area contributed by atoms with Crippen LogP contribution in [-0.4, -0.2) is 73.9 Å². The lowest BCUT2D eigenvalue weighted by Gasteiger charge is -2.12. The molecule has 0 aliphatic rings. The SMILES string of the molecule is C=CC(=O)NCC(O)COCCCCCCCOCC(O)COC(=O)C=C. The standard InChI is InChI=1S/C19H33NO7/c1-3-18(23)20-12-16(21)13-25-10-8-6-5-7-9-11-26-14-17(22)15-27-19(24)4-2/h3-4,16-17,21-22H,1-2,5-15H2,(H,20,23). The van der Waals surface area contributed by atoms with Crippen LogP contribution in [0.5, 0.6) is 0 Å². The molecule has 0 saturated heterocycles. The number of amides is 1. The maximum Gasteiger partial charge on any atom is 0.330 e. The van der Waals surface area contributed by atoms with Crippen LogP contribution in [0.4, 0.5) is 0 Å². The molecule has 0 fully saturated rings. The van der Waals surface area contributed by atoms with E-state index in [0.29, 0.717) is 13.2 Å². The van der Waals surface area contributed by atoms with Crippen molar-refractivity contribution in [3.05, 3.63) is 25.3 Å². The maximum absolute atomic E-state index is 10.9. The van der Waals surface area contributed by atoms with E-state index >= 15 is 0 Å². The first-order valence-electron chi connectivity index (χ1n) is 9.20. The molecule has 0 aliphatic heterocycles. The average Bonchev–Trinajstić information content (AvgIpc) is 2.68. The van der Waals surface area contributed by atoms with Crippen LogP contribution in [-0.2, 0) is 23.8 Å². The van der Waals surface area contributed by atoms with Crippen molar-refractivity contribution in [2.24, 2.45) is 0 Å². The minimum atomic E-state index is -0.827. The summed E-state index contributed by atoms with van der Waals surface area (Å²) in [6.07, 6.45) is 5.52. The molecule has 0 bridgehead atoms. The zero-order valence-electron chi connectivity index (χ0n) is 15.9. The Morgan fingerprint density at radius 1 is 0.852 bits per heavy atom. The van der Waals surface area contributed by atoms with E-state index in [-0.39, 0.29) is 32.3 Å². The number of esters is 1. The largest absolute Gasteiger partial charge is 0.460 e. The first kappa shape index (κ1) is 25.3. The van der Waals surface area contributed by atoms with Gasteiger partial charge in [-0.1, -0.05) is 32.4 Å². The number of aliphatic hydroxyl groups is 2. The van der Waals surface area contributed by atoms with Crippen molar-refractivity contribution in [2.45, 2.75) is 44.3 Å². The van der Waals surface area contributed by atoms with Crippen molar-refractivity contribution in [2.75, 3.05) is 39.6 Å². The van der Waals surface area contributed by atoms with Crippen LogP contribution >= 0.6 is 0 Å². The molecule has 2 atom stereocenters. The second-order valence-electron chi connectivity index (χ2n) is 6.01. The molecule has 156 valence electrons. The molecule has 0 rings (SSSR count). The fourth-order valence-electron chi connectivity index (χ4n) is 2.01. The number of carbonyl (C=O) groups excluding carboxylic acids is 2. The molecule has 2 unspecified atom stereocenters. The van der Waals surface area contributed by atoms with Crippen molar-refractivity contribution < 1.29 is 34.0 Å². The Morgan fingerprint density at radius 3 is 1.96 bits per heavy atom. The molecule has 3 N–H and O–H groups in total. The summed E-state index contributed by atoms with van der Waals surface area (Å²) in [7, 11) is 0. The number of ether oxygens (including phenoxy) is 3. The summed E-state index contributed by atoms with van der Waals surface area (Å²) in [5.41, 5.74) is 0. The summed E-state index contributed by atoms with van der Waals surface area (Å²) in [5, 5.41) is 21.6. The molecular formula is C19H33NO7. The van der Waals surface area contributed by atoms with E-state index in [0.717, 1.165) is 44.3 Å². The van der Waals surface area contributed by atoms with Gasteiger partial charge >= 0.3 is 5.97 Å². The third kappa shape index (κ3) is 17.4. The molecule has 0 saturated carbocycles. The number of rotatable bonds is 18. The predicted octanol–water partition coefficient (Wildman–Crippen LogP) is 0.723. The number of hydrogen-bond acceptors (Lipinski definition) is 7. The van der Waals surface area contributed by atoms with Crippen LogP contribution in [0.2, 0.25) is 0 Å². The number of aliphatic hydroxyl groups excluding tert-OH is 2. The van der Waals surface area contributed by atoms with Crippen LogP contribution in [0.15, 0.2) is 25.3 Å². The third-order valence-electron chi connectivity index (χ3n) is 3.48. The van der Waals surface area contributed by atoms with Crippen molar-refractivity contribution >= 4 is 11.9 Å². The van der Waals surface area contributed by atoms with E-state index in [1.54, 1.807) is 0 Å². The smallest absolute Gasteiger partial charge is 0.330 e. The fraction of sp³-hybridized carbons (Fsp3) is 0.684. The van der Waals surface area contributed by atoms with Crippen LogP contribution < -0.4 is 5.32 Å². The van der Waals surface area contributed by atoms with E-state index in [1.807, 2.05) is 0 Å². The van der Waals surface area contributed by atoms with Crippen molar-refractivity contribution in [1.29, 1.82) is 0 Å². The monoisotopic (exact) mass is 387 g/mol. The van der Waals surface area contributed by atoms with Gasteiger partial charge in [0.1, 0.15) is 12.7 Å². The normalized spacial score (nSPS) is 12.8. The van der Waals surface area contributed by atoms with Gasteiger partial charge in [0, 0.05) is 25.8 Å². The minimum absolute atomic E-state index is 0.0970. The molecule has 0 aromatic rings. The molecule has 27 heavy (non-hydrogen) atoms. The third-order valence-corrected chi connectivity index (χ3v) is 3.48. The molecule has 0 aromatic heterocycles. The number of unbranched alkanes of at least 4 members (excludes halogenated alkanes) is 4. The van der Waals surface area contributed by atoms with Crippen LogP contribution in [0, 0.1) is 0 Å². The lowest BCUT2D eigenvalue weighted by molar-refractivity contribution is -0.141. The Kier molecular flexibility index (Phi) is 16.5. The lowest BCUT2D eigenvalue weighted by atomic mass is 10.1. The van der Waals surface area contributed by atoms with Crippen molar-refractivity contribution in [3.63, 3.8) is 0 Å². The van der Waals surface area contributed by atoms with E-state index in [1.165, 1.54) is 0 Å². The first-order valence-corrected chi connectivity index (χ1v) is 9.20.